The summed E-state index contributed by atoms with van der Waals surface area (Å²) in [5.41, 5.74) is 0.869. The Labute approximate surface area is 166 Å². The molecule has 152 valence electrons. The molecule has 1 aliphatic rings. The molecule has 7 nitrogen and oxygen atoms in total. The number of ether oxygens (including phenoxy) is 1. The van der Waals surface area contributed by atoms with Crippen LogP contribution in [0, 0.1) is 5.92 Å². The Morgan fingerprint density at radius 1 is 1.29 bits per heavy atom. The molecule has 1 amide bonds. The van der Waals surface area contributed by atoms with Crippen LogP contribution < -0.4 is 10.1 Å². The Bertz CT molecular complexity index is 736. The predicted molar refractivity (Wildman–Crippen MR) is 107 cm³/mol. The molecule has 2 heterocycles. The van der Waals surface area contributed by atoms with E-state index >= 15 is 0 Å². The molecule has 2 aromatic rings. The van der Waals surface area contributed by atoms with E-state index in [1.807, 2.05) is 43.1 Å². The van der Waals surface area contributed by atoms with Gasteiger partial charge in [-0.25, -0.2) is 0 Å². The molecule has 0 radical (unpaired) electrons. The van der Waals surface area contributed by atoms with Crippen molar-refractivity contribution in [3.05, 3.63) is 30.2 Å². The Morgan fingerprint density at radius 2 is 2.04 bits per heavy atom. The number of carbonyl (C=O) groups excluding carboxylic acids is 1. The second-order valence-electron chi connectivity index (χ2n) is 7.19. The summed E-state index contributed by atoms with van der Waals surface area (Å²) in [6.45, 7) is 5.34. The van der Waals surface area contributed by atoms with Gasteiger partial charge in [0.15, 0.2) is 0 Å². The minimum Gasteiger partial charge on any atom is -0.494 e. The minimum atomic E-state index is 0.174. The maximum atomic E-state index is 12.5. The Kier molecular flexibility index (Phi) is 7.42. The molecule has 1 aromatic heterocycles. The van der Waals surface area contributed by atoms with Gasteiger partial charge in [0.2, 0.25) is 17.6 Å². The first-order valence-corrected chi connectivity index (χ1v) is 10.2. The van der Waals surface area contributed by atoms with Gasteiger partial charge in [-0.05, 0) is 70.0 Å². The summed E-state index contributed by atoms with van der Waals surface area (Å²) in [5, 5.41) is 7.23. The van der Waals surface area contributed by atoms with E-state index in [0.29, 0.717) is 31.2 Å². The highest BCUT2D eigenvalue weighted by Crippen LogP contribution is 2.22. The first-order chi connectivity index (χ1) is 13.7. The first-order valence-electron chi connectivity index (χ1n) is 10.2. The van der Waals surface area contributed by atoms with Crippen molar-refractivity contribution >= 4 is 5.91 Å². The largest absolute Gasteiger partial charge is 0.494 e. The average Bonchev–Trinajstić information content (AvgIpc) is 3.21. The van der Waals surface area contributed by atoms with E-state index in [2.05, 4.69) is 15.5 Å². The van der Waals surface area contributed by atoms with Gasteiger partial charge < -0.3 is 19.5 Å². The molecule has 7 heteroatoms. The molecule has 0 aliphatic carbocycles. The molecule has 0 bridgehead atoms. The normalized spacial score (nSPS) is 15.0. The molecule has 0 atom stereocenters. The van der Waals surface area contributed by atoms with Gasteiger partial charge >= 0.3 is 0 Å². The monoisotopic (exact) mass is 386 g/mol. The maximum Gasteiger partial charge on any atom is 0.227 e. The van der Waals surface area contributed by atoms with Crippen LogP contribution in [0.15, 0.2) is 28.8 Å². The molecule has 0 unspecified atom stereocenters. The van der Waals surface area contributed by atoms with Crippen LogP contribution in [0.1, 0.15) is 38.5 Å². The van der Waals surface area contributed by atoms with Crippen LogP contribution in [-0.2, 0) is 11.2 Å². The molecular weight excluding hydrogens is 356 g/mol. The lowest BCUT2D eigenvalue weighted by molar-refractivity contribution is -0.132. The summed E-state index contributed by atoms with van der Waals surface area (Å²) in [4.78, 5) is 18.9. The molecule has 1 N–H and O–H groups in total. The zero-order valence-corrected chi connectivity index (χ0v) is 16.8. The van der Waals surface area contributed by atoms with Gasteiger partial charge in [-0.15, -0.1) is 0 Å². The van der Waals surface area contributed by atoms with Gasteiger partial charge in [0.05, 0.1) is 6.61 Å². The van der Waals surface area contributed by atoms with E-state index in [4.69, 9.17) is 9.26 Å². The number of aromatic nitrogens is 2. The Hall–Kier alpha value is -2.41. The van der Waals surface area contributed by atoms with E-state index in [-0.39, 0.29) is 5.91 Å². The average molecular weight is 386 g/mol. The van der Waals surface area contributed by atoms with Crippen molar-refractivity contribution in [1.82, 2.24) is 20.4 Å². The molecule has 0 spiro atoms. The number of amides is 1. The van der Waals surface area contributed by atoms with Gasteiger partial charge in [0.1, 0.15) is 5.75 Å². The summed E-state index contributed by atoms with van der Waals surface area (Å²) in [6.07, 6.45) is 4.26. The third-order valence-corrected chi connectivity index (χ3v) is 5.21. The van der Waals surface area contributed by atoms with Crippen LogP contribution in [-0.4, -0.2) is 54.2 Å². The number of aryl methyl sites for hydroxylation is 1. The number of hydrogen-bond donors (Lipinski definition) is 1. The van der Waals surface area contributed by atoms with Crippen molar-refractivity contribution < 1.29 is 14.1 Å². The standard InChI is InChI=1S/C21H30N4O3/c1-3-27-18-6-4-17(5-7-18)21-23-19(28-24-21)8-9-20(26)25-14-11-16(12-15-25)10-13-22-2/h4-7,16,22H,3,8-15H2,1-2H3. The topological polar surface area (TPSA) is 80.5 Å². The number of piperidine rings is 1. The van der Waals surface area contributed by atoms with E-state index in [0.717, 1.165) is 49.7 Å². The van der Waals surface area contributed by atoms with Crippen LogP contribution in [0.2, 0.25) is 0 Å². The number of hydrogen-bond acceptors (Lipinski definition) is 6. The van der Waals surface area contributed by atoms with Crippen LogP contribution in [0.3, 0.4) is 0 Å². The highest BCUT2D eigenvalue weighted by atomic mass is 16.5. The number of carbonyl (C=O) groups is 1. The van der Waals surface area contributed by atoms with Gasteiger partial charge in [-0.3, -0.25) is 4.79 Å². The molecule has 3 rings (SSSR count). The van der Waals surface area contributed by atoms with Crippen molar-refractivity contribution in [3.63, 3.8) is 0 Å². The summed E-state index contributed by atoms with van der Waals surface area (Å²) in [7, 11) is 1.98. The molecule has 1 fully saturated rings. The van der Waals surface area contributed by atoms with Crippen molar-refractivity contribution in [2.75, 3.05) is 33.3 Å². The van der Waals surface area contributed by atoms with Crippen molar-refractivity contribution in [1.29, 1.82) is 0 Å². The quantitative estimate of drug-likeness (QED) is 0.714. The second kappa shape index (κ2) is 10.2. The molecule has 1 saturated heterocycles. The zero-order chi connectivity index (χ0) is 19.8. The summed E-state index contributed by atoms with van der Waals surface area (Å²) in [6, 6.07) is 7.59. The highest BCUT2D eigenvalue weighted by molar-refractivity contribution is 5.76. The number of nitrogens with one attached hydrogen (secondary N) is 1. The van der Waals surface area contributed by atoms with Crippen LogP contribution in [0.25, 0.3) is 11.4 Å². The van der Waals surface area contributed by atoms with E-state index in [1.54, 1.807) is 0 Å². The van der Waals surface area contributed by atoms with Crippen LogP contribution in [0.5, 0.6) is 5.75 Å². The molecule has 1 aliphatic heterocycles. The second-order valence-corrected chi connectivity index (χ2v) is 7.19. The molecular formula is C21H30N4O3. The summed E-state index contributed by atoms with van der Waals surface area (Å²) < 4.78 is 10.8. The third-order valence-electron chi connectivity index (χ3n) is 5.21. The first kappa shape index (κ1) is 20.3. The fourth-order valence-electron chi connectivity index (χ4n) is 3.53. The number of rotatable bonds is 9. The fourth-order valence-corrected chi connectivity index (χ4v) is 3.53. The minimum absolute atomic E-state index is 0.174. The summed E-state index contributed by atoms with van der Waals surface area (Å²) >= 11 is 0. The predicted octanol–water partition coefficient (Wildman–Crippen LogP) is 2.92. The SMILES string of the molecule is CCOc1ccc(-c2noc(CCC(=O)N3CCC(CCNC)CC3)n2)cc1. The lowest BCUT2D eigenvalue weighted by Crippen LogP contribution is -2.39. The lowest BCUT2D eigenvalue weighted by atomic mass is 9.93. The van der Waals surface area contributed by atoms with Crippen molar-refractivity contribution in [3.8, 4) is 17.1 Å². The van der Waals surface area contributed by atoms with Crippen LogP contribution >= 0.6 is 0 Å². The number of nitrogens with zero attached hydrogens (tertiary/aromatic N) is 3. The van der Waals surface area contributed by atoms with Crippen molar-refractivity contribution in [2.24, 2.45) is 5.92 Å². The highest BCUT2D eigenvalue weighted by Gasteiger charge is 2.22. The van der Waals surface area contributed by atoms with Crippen LogP contribution in [0.4, 0.5) is 0 Å². The third kappa shape index (κ3) is 5.55. The van der Waals surface area contributed by atoms with Gasteiger partial charge in [-0.2, -0.15) is 4.98 Å². The van der Waals surface area contributed by atoms with E-state index in [1.165, 1.54) is 6.42 Å². The van der Waals surface area contributed by atoms with E-state index < -0.39 is 0 Å². The Morgan fingerprint density at radius 3 is 2.71 bits per heavy atom. The lowest BCUT2D eigenvalue weighted by Gasteiger charge is -2.32. The smallest absolute Gasteiger partial charge is 0.227 e. The van der Waals surface area contributed by atoms with E-state index in [9.17, 15) is 4.79 Å². The van der Waals surface area contributed by atoms with Gasteiger partial charge in [0, 0.05) is 31.5 Å². The van der Waals surface area contributed by atoms with Crippen molar-refractivity contribution in [2.45, 2.75) is 39.0 Å². The molecule has 1 aromatic carbocycles. The number of likely N-dealkylation sites (tertiary alicyclic amines) is 1. The fraction of sp³-hybridized carbons (Fsp3) is 0.571. The Balaban J connectivity index is 1.46. The molecule has 28 heavy (non-hydrogen) atoms. The zero-order valence-electron chi connectivity index (χ0n) is 16.8. The summed E-state index contributed by atoms with van der Waals surface area (Å²) in [5.74, 6) is 2.75. The maximum absolute atomic E-state index is 12.5. The number of benzene rings is 1. The van der Waals surface area contributed by atoms with Gasteiger partial charge in [-0.1, -0.05) is 5.16 Å². The van der Waals surface area contributed by atoms with Gasteiger partial charge in [0.25, 0.3) is 0 Å². The molecule has 0 saturated carbocycles.